The number of rotatable bonds is 3. The van der Waals surface area contributed by atoms with E-state index in [9.17, 15) is 8.78 Å². The highest BCUT2D eigenvalue weighted by atomic mass is 79.9. The Morgan fingerprint density at radius 1 is 1.21 bits per heavy atom. The fourth-order valence-electron chi connectivity index (χ4n) is 1.44. The summed E-state index contributed by atoms with van der Waals surface area (Å²) in [7, 11) is 1.69. The monoisotopic (exact) mass is 329 g/mol. The average Bonchev–Trinajstić information content (AvgIpc) is 2.34. The van der Waals surface area contributed by atoms with E-state index in [1.165, 1.54) is 12.1 Å². The predicted molar refractivity (Wildman–Crippen MR) is 70.4 cm³/mol. The molecule has 0 fully saturated rings. The van der Waals surface area contributed by atoms with Crippen molar-refractivity contribution in [2.24, 2.45) is 0 Å². The molecule has 0 spiro atoms. The van der Waals surface area contributed by atoms with Crippen LogP contribution in [0.5, 0.6) is 11.6 Å². The number of halogens is 3. The van der Waals surface area contributed by atoms with E-state index in [2.05, 4.69) is 31.2 Å². The van der Waals surface area contributed by atoms with Crippen LogP contribution in [0.15, 0.2) is 22.7 Å². The Hall–Kier alpha value is -1.76. The zero-order chi connectivity index (χ0) is 14.0. The maximum atomic E-state index is 13.6. The summed E-state index contributed by atoms with van der Waals surface area (Å²) in [6, 6.07) is 3.84. The average molecular weight is 330 g/mol. The molecule has 4 nitrogen and oxygen atoms in total. The summed E-state index contributed by atoms with van der Waals surface area (Å²) in [5, 5.41) is 2.82. The zero-order valence-corrected chi connectivity index (χ0v) is 11.8. The van der Waals surface area contributed by atoms with Crippen LogP contribution in [0.25, 0.3) is 0 Å². The van der Waals surface area contributed by atoms with Gasteiger partial charge in [0, 0.05) is 17.6 Å². The van der Waals surface area contributed by atoms with Crippen molar-refractivity contribution in [1.29, 1.82) is 0 Å². The number of hydrogen-bond acceptors (Lipinski definition) is 4. The van der Waals surface area contributed by atoms with Crippen molar-refractivity contribution in [3.63, 3.8) is 0 Å². The number of nitrogens with zero attached hydrogens (tertiary/aromatic N) is 2. The molecular weight excluding hydrogens is 320 g/mol. The summed E-state index contributed by atoms with van der Waals surface area (Å²) in [6.45, 7) is 1.67. The molecule has 0 unspecified atom stereocenters. The van der Waals surface area contributed by atoms with E-state index in [0.29, 0.717) is 16.1 Å². The number of benzene rings is 1. The first kappa shape index (κ1) is 13.7. The van der Waals surface area contributed by atoms with Crippen molar-refractivity contribution in [1.82, 2.24) is 9.97 Å². The van der Waals surface area contributed by atoms with E-state index in [4.69, 9.17) is 4.74 Å². The van der Waals surface area contributed by atoms with Crippen LogP contribution in [0.3, 0.4) is 0 Å². The van der Waals surface area contributed by atoms with Crippen molar-refractivity contribution in [3.05, 3.63) is 40.1 Å². The summed E-state index contributed by atoms with van der Waals surface area (Å²) in [6.07, 6.45) is 0. The maximum Gasteiger partial charge on any atom is 0.224 e. The summed E-state index contributed by atoms with van der Waals surface area (Å²) in [5.74, 6) is -1.19. The molecule has 7 heteroatoms. The van der Waals surface area contributed by atoms with E-state index >= 15 is 0 Å². The van der Waals surface area contributed by atoms with Gasteiger partial charge >= 0.3 is 0 Å². The summed E-state index contributed by atoms with van der Waals surface area (Å²) in [4.78, 5) is 8.07. The van der Waals surface area contributed by atoms with Gasteiger partial charge in [-0.25, -0.2) is 9.37 Å². The second kappa shape index (κ2) is 5.48. The number of nitrogens with one attached hydrogen (secondary N) is 1. The van der Waals surface area contributed by atoms with Gasteiger partial charge in [0.25, 0.3) is 0 Å². The minimum Gasteiger partial charge on any atom is -0.436 e. The molecule has 0 bridgehead atoms. The Labute approximate surface area is 117 Å². The third-order valence-corrected chi connectivity index (χ3v) is 2.70. The van der Waals surface area contributed by atoms with E-state index in [-0.39, 0.29) is 11.6 Å². The second-order valence-corrected chi connectivity index (χ2v) is 4.61. The molecule has 0 amide bonds. The third-order valence-electron chi connectivity index (χ3n) is 2.24. The van der Waals surface area contributed by atoms with E-state index in [0.717, 1.165) is 6.07 Å². The highest BCUT2D eigenvalue weighted by molar-refractivity contribution is 9.10. The van der Waals surface area contributed by atoms with Gasteiger partial charge in [-0.2, -0.15) is 9.37 Å². The zero-order valence-electron chi connectivity index (χ0n) is 10.2. The number of ether oxygens (including phenoxy) is 1. The van der Waals surface area contributed by atoms with Crippen LogP contribution < -0.4 is 10.1 Å². The van der Waals surface area contributed by atoms with Crippen LogP contribution in [-0.2, 0) is 0 Å². The highest BCUT2D eigenvalue weighted by Crippen LogP contribution is 2.29. The fraction of sp³-hybridized carbons (Fsp3) is 0.167. The quantitative estimate of drug-likeness (QED) is 0.873. The third kappa shape index (κ3) is 3.17. The first-order chi connectivity index (χ1) is 8.99. The lowest BCUT2D eigenvalue weighted by Crippen LogP contribution is -2.00. The van der Waals surface area contributed by atoms with Crippen LogP contribution >= 0.6 is 15.9 Å². The molecule has 1 N–H and O–H groups in total. The van der Waals surface area contributed by atoms with Gasteiger partial charge < -0.3 is 10.1 Å². The molecule has 1 aromatic carbocycles. The van der Waals surface area contributed by atoms with Crippen LogP contribution in [0.4, 0.5) is 14.6 Å². The van der Waals surface area contributed by atoms with E-state index in [1.54, 1.807) is 14.0 Å². The van der Waals surface area contributed by atoms with Crippen molar-refractivity contribution >= 4 is 21.7 Å². The Balaban J connectivity index is 2.38. The number of hydrogen-bond donors (Lipinski definition) is 1. The second-order valence-electron chi connectivity index (χ2n) is 3.69. The van der Waals surface area contributed by atoms with Gasteiger partial charge in [0.2, 0.25) is 11.7 Å². The van der Waals surface area contributed by atoms with Gasteiger partial charge in [0.05, 0.1) is 0 Å². The molecule has 1 aromatic heterocycles. The number of aryl methyl sites for hydroxylation is 1. The molecule has 0 aliphatic carbocycles. The Morgan fingerprint density at radius 2 is 1.95 bits per heavy atom. The standard InChI is InChI=1S/C12H10BrF2N3O/c1-6-17-10(16-2)5-11(18-6)19-9-4-7(13)3-8(14)12(9)15/h3-5H,1-2H3,(H,16,17,18). The van der Waals surface area contributed by atoms with E-state index in [1.807, 2.05) is 0 Å². The van der Waals surface area contributed by atoms with E-state index < -0.39 is 11.6 Å². The Kier molecular flexibility index (Phi) is 3.94. The molecular formula is C12H10BrF2N3O. The van der Waals surface area contributed by atoms with Gasteiger partial charge in [-0.3, -0.25) is 0 Å². The fourth-order valence-corrected chi connectivity index (χ4v) is 1.85. The SMILES string of the molecule is CNc1cc(Oc2cc(Br)cc(F)c2F)nc(C)n1. The minimum atomic E-state index is -1.06. The normalized spacial score (nSPS) is 10.4. The van der Waals surface area contributed by atoms with Crippen molar-refractivity contribution in [3.8, 4) is 11.6 Å². The molecule has 0 atom stereocenters. The summed E-state index contributed by atoms with van der Waals surface area (Å²) in [5.41, 5.74) is 0. The van der Waals surface area contributed by atoms with Gasteiger partial charge in [0.1, 0.15) is 11.6 Å². The molecule has 0 aliphatic heterocycles. The molecule has 0 saturated heterocycles. The lowest BCUT2D eigenvalue weighted by atomic mass is 10.3. The number of aromatic nitrogens is 2. The Morgan fingerprint density at radius 3 is 2.63 bits per heavy atom. The van der Waals surface area contributed by atoms with Crippen molar-refractivity contribution < 1.29 is 13.5 Å². The smallest absolute Gasteiger partial charge is 0.224 e. The van der Waals surface area contributed by atoms with Crippen LogP contribution in [0.1, 0.15) is 5.82 Å². The van der Waals surface area contributed by atoms with Gasteiger partial charge in [-0.05, 0) is 19.1 Å². The topological polar surface area (TPSA) is 47.0 Å². The molecule has 0 saturated carbocycles. The first-order valence-corrected chi connectivity index (χ1v) is 6.14. The van der Waals surface area contributed by atoms with Crippen LogP contribution in [-0.4, -0.2) is 17.0 Å². The first-order valence-electron chi connectivity index (χ1n) is 5.35. The number of anilines is 1. The lowest BCUT2D eigenvalue weighted by molar-refractivity contribution is 0.403. The minimum absolute atomic E-state index is 0.133. The maximum absolute atomic E-state index is 13.6. The van der Waals surface area contributed by atoms with Gasteiger partial charge in [-0.1, -0.05) is 15.9 Å². The summed E-state index contributed by atoms with van der Waals surface area (Å²) >= 11 is 3.07. The van der Waals surface area contributed by atoms with Crippen molar-refractivity contribution in [2.45, 2.75) is 6.92 Å². The molecule has 19 heavy (non-hydrogen) atoms. The molecule has 2 rings (SSSR count). The molecule has 100 valence electrons. The molecule has 0 radical (unpaired) electrons. The lowest BCUT2D eigenvalue weighted by Gasteiger charge is -2.09. The summed E-state index contributed by atoms with van der Waals surface area (Å²) < 4.78 is 32.4. The predicted octanol–water partition coefficient (Wildman–Crippen LogP) is 3.66. The van der Waals surface area contributed by atoms with Crippen molar-refractivity contribution in [2.75, 3.05) is 12.4 Å². The Bertz CT molecular complexity index is 622. The molecule has 2 aromatic rings. The molecule has 0 aliphatic rings. The highest BCUT2D eigenvalue weighted by Gasteiger charge is 2.13. The molecule has 1 heterocycles. The van der Waals surface area contributed by atoms with Gasteiger partial charge in [0.15, 0.2) is 11.6 Å². The van der Waals surface area contributed by atoms with Crippen LogP contribution in [0.2, 0.25) is 0 Å². The van der Waals surface area contributed by atoms with Gasteiger partial charge in [-0.15, -0.1) is 0 Å². The largest absolute Gasteiger partial charge is 0.436 e. The van der Waals surface area contributed by atoms with Crippen LogP contribution in [0, 0.1) is 18.6 Å².